The lowest BCUT2D eigenvalue weighted by Gasteiger charge is -2.55. The summed E-state index contributed by atoms with van der Waals surface area (Å²) in [5.74, 6) is 0.892. The highest BCUT2D eigenvalue weighted by Crippen LogP contribution is 2.48. The molecule has 6 nitrogen and oxygen atoms in total. The number of ether oxygens (including phenoxy) is 2. The second kappa shape index (κ2) is 10.6. The Bertz CT molecular complexity index is 487. The fraction of sp³-hybridized carbons (Fsp3) is 0.950. The highest BCUT2D eigenvalue weighted by Gasteiger charge is 2.53. The predicted molar refractivity (Wildman–Crippen MR) is 121 cm³/mol. The summed E-state index contributed by atoms with van der Waals surface area (Å²) in [5.41, 5.74) is 0.220. The molecule has 0 spiro atoms. The van der Waals surface area contributed by atoms with E-state index in [-0.39, 0.29) is 35.5 Å². The highest BCUT2D eigenvalue weighted by atomic mass is 127. The molecule has 0 aromatic heterocycles. The topological polar surface area (TPSA) is 58.1 Å². The molecule has 7 heteroatoms. The van der Waals surface area contributed by atoms with Crippen molar-refractivity contribution in [3.8, 4) is 0 Å². The van der Waals surface area contributed by atoms with Crippen LogP contribution in [0.1, 0.15) is 52.9 Å². The second-order valence-electron chi connectivity index (χ2n) is 8.02. The van der Waals surface area contributed by atoms with Crippen LogP contribution in [0.4, 0.5) is 0 Å². The molecule has 0 amide bonds. The van der Waals surface area contributed by atoms with Gasteiger partial charge in [-0.1, -0.05) is 13.8 Å². The first-order valence-electron chi connectivity index (χ1n) is 10.6. The number of nitrogens with zero attached hydrogens (tertiary/aromatic N) is 2. The van der Waals surface area contributed by atoms with Gasteiger partial charge in [-0.3, -0.25) is 9.89 Å². The lowest BCUT2D eigenvalue weighted by molar-refractivity contribution is -0.133. The number of rotatable bonds is 7. The number of fused-ring (bicyclic) bond motifs is 1. The molecule has 3 aliphatic rings. The van der Waals surface area contributed by atoms with E-state index >= 15 is 0 Å². The van der Waals surface area contributed by atoms with Gasteiger partial charge in [0.1, 0.15) is 0 Å². The van der Waals surface area contributed by atoms with Crippen molar-refractivity contribution in [2.75, 3.05) is 39.9 Å². The molecule has 2 aliphatic heterocycles. The van der Waals surface area contributed by atoms with Crippen LogP contribution in [0.15, 0.2) is 4.99 Å². The molecule has 0 aromatic carbocycles. The molecule has 0 aromatic rings. The average molecular weight is 494 g/mol. The van der Waals surface area contributed by atoms with Crippen LogP contribution in [0.25, 0.3) is 0 Å². The third-order valence-electron chi connectivity index (χ3n) is 6.96. The first kappa shape index (κ1) is 23.2. The minimum atomic E-state index is 0. The molecule has 0 radical (unpaired) electrons. The van der Waals surface area contributed by atoms with Crippen LogP contribution in [-0.4, -0.2) is 75.0 Å². The van der Waals surface area contributed by atoms with Gasteiger partial charge in [-0.05, 0) is 45.6 Å². The molecule has 3 rings (SSSR count). The maximum absolute atomic E-state index is 6.06. The highest BCUT2D eigenvalue weighted by molar-refractivity contribution is 14.0. The van der Waals surface area contributed by atoms with Crippen LogP contribution in [-0.2, 0) is 9.47 Å². The molecule has 2 heterocycles. The largest absolute Gasteiger partial charge is 0.378 e. The molecule has 158 valence electrons. The van der Waals surface area contributed by atoms with Gasteiger partial charge in [0.25, 0.3) is 0 Å². The van der Waals surface area contributed by atoms with Crippen molar-refractivity contribution in [3.05, 3.63) is 0 Å². The summed E-state index contributed by atoms with van der Waals surface area (Å²) >= 11 is 0. The summed E-state index contributed by atoms with van der Waals surface area (Å²) in [6, 6.07) is 1.08. The lowest BCUT2D eigenvalue weighted by atomic mass is 9.58. The standard InChI is InChI=1S/C20H38N4O2.HI/c1-5-20(6-2)17(11-18(20)25-7-3)23-19(21-4)22-12-16-13-24-10-8-9-15(24)14-26-16;/h15-18H,5-14H2,1-4H3,(H2,21,22,23);1H. The number of hydrogen-bond acceptors (Lipinski definition) is 4. The molecule has 4 unspecified atom stereocenters. The first-order valence-corrected chi connectivity index (χ1v) is 10.6. The quantitative estimate of drug-likeness (QED) is 0.324. The Kier molecular flexibility index (Phi) is 9.09. The minimum Gasteiger partial charge on any atom is -0.378 e. The molecule has 0 bridgehead atoms. The van der Waals surface area contributed by atoms with Gasteiger partial charge in [0.2, 0.25) is 0 Å². The zero-order valence-corrected chi connectivity index (χ0v) is 19.8. The zero-order valence-electron chi connectivity index (χ0n) is 17.5. The Morgan fingerprint density at radius 3 is 2.74 bits per heavy atom. The van der Waals surface area contributed by atoms with Crippen LogP contribution in [0.5, 0.6) is 0 Å². The van der Waals surface area contributed by atoms with Gasteiger partial charge in [0.15, 0.2) is 5.96 Å². The van der Waals surface area contributed by atoms with Gasteiger partial charge < -0.3 is 20.1 Å². The number of aliphatic imine (C=N–C) groups is 1. The van der Waals surface area contributed by atoms with Gasteiger partial charge in [0.05, 0.1) is 18.8 Å². The number of hydrogen-bond donors (Lipinski definition) is 2. The van der Waals surface area contributed by atoms with Crippen molar-refractivity contribution < 1.29 is 9.47 Å². The smallest absolute Gasteiger partial charge is 0.191 e. The third-order valence-corrected chi connectivity index (χ3v) is 6.96. The van der Waals surface area contributed by atoms with Crippen molar-refractivity contribution in [3.63, 3.8) is 0 Å². The summed E-state index contributed by atoms with van der Waals surface area (Å²) in [6.45, 7) is 11.4. The van der Waals surface area contributed by atoms with E-state index in [1.165, 1.54) is 19.4 Å². The Labute approximate surface area is 182 Å². The van der Waals surface area contributed by atoms with Gasteiger partial charge in [0, 0.05) is 44.2 Å². The SMILES string of the molecule is CCOC1CC(NC(=NC)NCC2CN3CCCC3CO2)C1(CC)CC.I. The van der Waals surface area contributed by atoms with Crippen molar-refractivity contribution in [2.45, 2.75) is 77.2 Å². The van der Waals surface area contributed by atoms with Crippen molar-refractivity contribution in [1.29, 1.82) is 0 Å². The molecule has 1 aliphatic carbocycles. The molecule has 2 N–H and O–H groups in total. The molecule has 4 atom stereocenters. The average Bonchev–Trinajstić information content (AvgIpc) is 3.12. The maximum atomic E-state index is 6.06. The number of halogens is 1. The van der Waals surface area contributed by atoms with E-state index in [1.807, 2.05) is 7.05 Å². The molecule has 27 heavy (non-hydrogen) atoms. The van der Waals surface area contributed by atoms with Crippen LogP contribution in [0.3, 0.4) is 0 Å². The van der Waals surface area contributed by atoms with E-state index in [0.29, 0.717) is 18.2 Å². The molecular formula is C20H39IN4O2. The summed E-state index contributed by atoms with van der Waals surface area (Å²) in [7, 11) is 1.85. The Morgan fingerprint density at radius 2 is 2.07 bits per heavy atom. The second-order valence-corrected chi connectivity index (χ2v) is 8.02. The summed E-state index contributed by atoms with van der Waals surface area (Å²) in [4.78, 5) is 7.04. The summed E-state index contributed by atoms with van der Waals surface area (Å²) < 4.78 is 12.0. The molecule has 2 saturated heterocycles. The molecule has 1 saturated carbocycles. The van der Waals surface area contributed by atoms with Gasteiger partial charge >= 0.3 is 0 Å². The van der Waals surface area contributed by atoms with Crippen LogP contribution in [0.2, 0.25) is 0 Å². The van der Waals surface area contributed by atoms with Crippen LogP contribution < -0.4 is 10.6 Å². The first-order chi connectivity index (χ1) is 12.7. The number of guanidine groups is 1. The molecular weight excluding hydrogens is 455 g/mol. The van der Waals surface area contributed by atoms with E-state index in [2.05, 4.69) is 41.3 Å². The summed E-state index contributed by atoms with van der Waals surface area (Å²) in [6.07, 6.45) is 6.55. The van der Waals surface area contributed by atoms with Gasteiger partial charge in [-0.25, -0.2) is 0 Å². The van der Waals surface area contributed by atoms with E-state index in [1.54, 1.807) is 0 Å². The monoisotopic (exact) mass is 494 g/mol. The Morgan fingerprint density at radius 1 is 1.30 bits per heavy atom. The van der Waals surface area contributed by atoms with E-state index in [9.17, 15) is 0 Å². The van der Waals surface area contributed by atoms with E-state index < -0.39 is 0 Å². The fourth-order valence-corrected chi connectivity index (χ4v) is 5.16. The van der Waals surface area contributed by atoms with Crippen molar-refractivity contribution in [1.82, 2.24) is 15.5 Å². The normalized spacial score (nSPS) is 33.0. The minimum absolute atomic E-state index is 0. The van der Waals surface area contributed by atoms with E-state index in [4.69, 9.17) is 9.47 Å². The maximum Gasteiger partial charge on any atom is 0.191 e. The Balaban J connectivity index is 0.00000261. The Hall–Kier alpha value is -0.120. The predicted octanol–water partition coefficient (Wildman–Crippen LogP) is 2.62. The summed E-state index contributed by atoms with van der Waals surface area (Å²) in [5, 5.41) is 7.16. The fourth-order valence-electron chi connectivity index (χ4n) is 5.16. The number of morpholine rings is 1. The van der Waals surface area contributed by atoms with Crippen molar-refractivity contribution >= 4 is 29.9 Å². The van der Waals surface area contributed by atoms with Crippen molar-refractivity contribution in [2.24, 2.45) is 10.4 Å². The van der Waals surface area contributed by atoms with E-state index in [0.717, 1.165) is 51.5 Å². The van der Waals surface area contributed by atoms with Gasteiger partial charge in [-0.15, -0.1) is 24.0 Å². The third kappa shape index (κ3) is 4.90. The zero-order chi connectivity index (χ0) is 18.6. The molecule has 3 fully saturated rings. The lowest BCUT2D eigenvalue weighted by Crippen LogP contribution is -2.66. The van der Waals surface area contributed by atoms with Crippen LogP contribution >= 0.6 is 24.0 Å². The number of nitrogens with one attached hydrogen (secondary N) is 2. The van der Waals surface area contributed by atoms with Gasteiger partial charge in [-0.2, -0.15) is 0 Å². The van der Waals surface area contributed by atoms with Crippen LogP contribution in [0, 0.1) is 5.41 Å².